The second-order valence-corrected chi connectivity index (χ2v) is 10.8. The van der Waals surface area contributed by atoms with E-state index in [-0.39, 0.29) is 31.4 Å². The van der Waals surface area contributed by atoms with Crippen molar-refractivity contribution in [2.24, 2.45) is 0 Å². The van der Waals surface area contributed by atoms with Gasteiger partial charge in [-0.25, -0.2) is 9.78 Å². The number of ether oxygens (including phenoxy) is 3. The molecule has 1 aliphatic rings. The highest BCUT2D eigenvalue weighted by Gasteiger charge is 2.62. The van der Waals surface area contributed by atoms with Crippen molar-refractivity contribution in [3.63, 3.8) is 0 Å². The second-order valence-electron chi connectivity index (χ2n) is 10.8. The van der Waals surface area contributed by atoms with Crippen molar-refractivity contribution < 1.29 is 54.9 Å². The maximum Gasteiger partial charge on any atom is 0.426 e. The lowest BCUT2D eigenvalue weighted by molar-refractivity contribution is -0.298. The van der Waals surface area contributed by atoms with E-state index in [2.05, 4.69) is 33.7 Å². The zero-order chi connectivity index (χ0) is 32.9. The number of aliphatic hydroxyl groups is 1. The number of pyridine rings is 1. The molecule has 2 aromatic rings. The number of carbonyl (C=O) groups is 1. The maximum atomic E-state index is 14.9. The van der Waals surface area contributed by atoms with E-state index in [1.54, 1.807) is 0 Å². The monoisotopic (exact) mass is 634 g/mol. The van der Waals surface area contributed by atoms with E-state index in [0.29, 0.717) is 6.07 Å². The molecule has 0 aromatic carbocycles. The molecule has 0 aliphatic carbocycles. The molecule has 242 valence electrons. The number of hydrogen-bond donors (Lipinski definition) is 2. The Morgan fingerprint density at radius 2 is 1.89 bits per heavy atom. The Kier molecular flexibility index (Phi) is 10.5. The molecule has 10 nitrogen and oxygen atoms in total. The summed E-state index contributed by atoms with van der Waals surface area (Å²) in [4.78, 5) is 16.4. The number of fused-ring (bicyclic) bond motifs is 5. The van der Waals surface area contributed by atoms with E-state index in [1.807, 2.05) is 0 Å². The molecule has 2 aromatic heterocycles. The molecule has 2 atom stereocenters. The zero-order valence-electron chi connectivity index (χ0n) is 24.1. The number of halogens is 6. The minimum Gasteiger partial charge on any atom is -0.477 e. The van der Waals surface area contributed by atoms with Crippen LogP contribution in [0.5, 0.6) is 5.88 Å². The van der Waals surface area contributed by atoms with Crippen LogP contribution in [0.4, 0.5) is 36.8 Å². The van der Waals surface area contributed by atoms with Crippen LogP contribution in [-0.4, -0.2) is 57.5 Å². The number of carbonyl (C=O) groups excluding carboxylic acids is 1. The van der Waals surface area contributed by atoms with Crippen LogP contribution in [0.1, 0.15) is 57.9 Å². The summed E-state index contributed by atoms with van der Waals surface area (Å²) in [5.74, 6) is -2.91. The molecule has 44 heavy (non-hydrogen) atoms. The van der Waals surface area contributed by atoms with E-state index in [1.165, 1.54) is 39.0 Å². The van der Waals surface area contributed by atoms with Crippen molar-refractivity contribution in [3.8, 4) is 17.5 Å². The third-order valence-electron chi connectivity index (χ3n) is 6.13. The highest BCUT2D eigenvalue weighted by atomic mass is 19.4. The minimum atomic E-state index is -5.24. The molecule has 0 saturated heterocycles. The number of amides is 1. The van der Waals surface area contributed by atoms with Crippen LogP contribution in [0.2, 0.25) is 0 Å². The molecule has 0 radical (unpaired) electrons. The Balaban J connectivity index is 2.27. The summed E-state index contributed by atoms with van der Waals surface area (Å²) in [6, 6.07) is 0.477. The first-order valence-corrected chi connectivity index (χ1v) is 13.3. The van der Waals surface area contributed by atoms with Gasteiger partial charge in [0.2, 0.25) is 11.5 Å². The van der Waals surface area contributed by atoms with Crippen LogP contribution in [0, 0.1) is 0 Å². The molecule has 2 N–H and O–H groups in total. The van der Waals surface area contributed by atoms with Gasteiger partial charge in [0.1, 0.15) is 11.2 Å². The van der Waals surface area contributed by atoms with Crippen molar-refractivity contribution in [2.75, 3.05) is 18.5 Å². The highest BCUT2D eigenvalue weighted by Crippen LogP contribution is 2.47. The first-order valence-electron chi connectivity index (χ1n) is 13.3. The Hall–Kier alpha value is -3.92. The summed E-state index contributed by atoms with van der Waals surface area (Å²) >= 11 is 0. The van der Waals surface area contributed by atoms with Crippen LogP contribution in [0.15, 0.2) is 47.4 Å². The fourth-order valence-corrected chi connectivity index (χ4v) is 4.11. The van der Waals surface area contributed by atoms with Gasteiger partial charge in [0.25, 0.3) is 11.8 Å². The van der Waals surface area contributed by atoms with E-state index < -0.39 is 83.4 Å². The number of allylic oxidation sites excluding steroid dienone is 2. The molecular weight excluding hydrogens is 602 g/mol. The molecule has 16 heteroatoms. The molecule has 0 fully saturated rings. The quantitative estimate of drug-likeness (QED) is 0.258. The normalized spacial score (nSPS) is 20.2. The topological polar surface area (TPSA) is 129 Å². The third kappa shape index (κ3) is 8.37. The molecule has 3 heterocycles. The standard InChI is InChI=1S/C28H32F6N4O6/c1-6-10-16(7-2)15-42-26(28(32,33)34)14-17(39)11-8-9-12-41-21-18(27(29,30)31)13-19(35-24(40)44-25(3,4)5)20(36-21)22-37-38-23(26)43-22/h6-7,10,13,17,39H,1-2,8-9,11-12,14-15H2,3-5H3,(H,35,40)/b16-10+. The lowest BCUT2D eigenvalue weighted by Crippen LogP contribution is -2.48. The Bertz CT molecular complexity index is 1380. The largest absolute Gasteiger partial charge is 0.477 e. The predicted molar refractivity (Wildman–Crippen MR) is 145 cm³/mol. The van der Waals surface area contributed by atoms with Crippen molar-refractivity contribution in [1.29, 1.82) is 0 Å². The number of rotatable bonds is 6. The highest BCUT2D eigenvalue weighted by molar-refractivity contribution is 5.89. The fourth-order valence-electron chi connectivity index (χ4n) is 4.11. The third-order valence-corrected chi connectivity index (χ3v) is 6.13. The van der Waals surface area contributed by atoms with Gasteiger partial charge in [0.15, 0.2) is 5.69 Å². The molecular formula is C28H32F6N4O6. The van der Waals surface area contributed by atoms with Gasteiger partial charge < -0.3 is 23.7 Å². The van der Waals surface area contributed by atoms with Gasteiger partial charge in [-0.1, -0.05) is 31.4 Å². The lowest BCUT2D eigenvalue weighted by Gasteiger charge is -2.34. The molecule has 0 saturated carbocycles. The number of nitrogens with zero attached hydrogens (tertiary/aromatic N) is 3. The van der Waals surface area contributed by atoms with Gasteiger partial charge in [-0.05, 0) is 51.7 Å². The summed E-state index contributed by atoms with van der Waals surface area (Å²) in [7, 11) is 0. The number of aromatic nitrogens is 3. The van der Waals surface area contributed by atoms with Crippen LogP contribution >= 0.6 is 0 Å². The molecule has 1 amide bonds. The van der Waals surface area contributed by atoms with Crippen LogP contribution in [0.3, 0.4) is 0 Å². The maximum absolute atomic E-state index is 14.9. The SMILES string of the molecule is C=C/C=C(\C=C)COC1(C(F)(F)F)CC(O)CCCCOc2nc(c(NC(=O)OC(C)(C)C)cc2C(F)(F)F)-c2nnc1o2. The van der Waals surface area contributed by atoms with Crippen LogP contribution < -0.4 is 10.1 Å². The summed E-state index contributed by atoms with van der Waals surface area (Å²) in [5, 5.41) is 19.9. The minimum absolute atomic E-state index is 0.0598. The van der Waals surface area contributed by atoms with Crippen LogP contribution in [-0.2, 0) is 21.3 Å². The second kappa shape index (κ2) is 13.4. The number of alkyl halides is 6. The van der Waals surface area contributed by atoms with Gasteiger partial charge in [0, 0.05) is 6.42 Å². The van der Waals surface area contributed by atoms with Crippen molar-refractivity contribution in [3.05, 3.63) is 54.5 Å². The molecule has 3 rings (SSSR count). The van der Waals surface area contributed by atoms with Gasteiger partial charge in [-0.2, -0.15) is 26.3 Å². The average Bonchev–Trinajstić information content (AvgIpc) is 3.38. The number of anilines is 1. The van der Waals surface area contributed by atoms with E-state index in [0.717, 1.165) is 0 Å². The number of nitrogens with one attached hydrogen (secondary N) is 1. The van der Waals surface area contributed by atoms with Crippen molar-refractivity contribution >= 4 is 11.8 Å². The number of aliphatic hydroxyl groups excluding tert-OH is 1. The summed E-state index contributed by atoms with van der Waals surface area (Å²) in [6.45, 7) is 10.5. The average molecular weight is 635 g/mol. The summed E-state index contributed by atoms with van der Waals surface area (Å²) in [5.41, 5.74) is -6.92. The summed E-state index contributed by atoms with van der Waals surface area (Å²) in [6.07, 6.45) is -10.3. The first-order chi connectivity index (χ1) is 20.4. The van der Waals surface area contributed by atoms with E-state index >= 15 is 0 Å². The van der Waals surface area contributed by atoms with Gasteiger partial charge in [0.05, 0.1) is 25.0 Å². The number of hydrogen-bond acceptors (Lipinski definition) is 9. The molecule has 0 spiro atoms. The predicted octanol–water partition coefficient (Wildman–Crippen LogP) is 6.88. The van der Waals surface area contributed by atoms with Gasteiger partial charge in [-0.15, -0.1) is 10.2 Å². The van der Waals surface area contributed by atoms with Crippen molar-refractivity contribution in [1.82, 2.24) is 15.2 Å². The van der Waals surface area contributed by atoms with Gasteiger partial charge >= 0.3 is 18.4 Å². The summed E-state index contributed by atoms with van der Waals surface area (Å²) < 4.78 is 108. The molecule has 1 aliphatic heterocycles. The Morgan fingerprint density at radius 1 is 1.18 bits per heavy atom. The molecule has 4 bridgehead atoms. The molecule has 2 unspecified atom stereocenters. The zero-order valence-corrected chi connectivity index (χ0v) is 24.1. The first kappa shape index (κ1) is 34.6. The van der Waals surface area contributed by atoms with Crippen molar-refractivity contribution in [2.45, 2.75) is 76.1 Å². The van der Waals surface area contributed by atoms with Gasteiger partial charge in [-0.3, -0.25) is 5.32 Å². The lowest BCUT2D eigenvalue weighted by atomic mass is 9.92. The smallest absolute Gasteiger partial charge is 0.426 e. The van der Waals surface area contributed by atoms with E-state index in [4.69, 9.17) is 18.6 Å². The van der Waals surface area contributed by atoms with Crippen LogP contribution in [0.25, 0.3) is 11.6 Å². The fraction of sp³-hybridized carbons (Fsp3) is 0.500. The van der Waals surface area contributed by atoms with E-state index in [9.17, 15) is 36.2 Å². The Morgan fingerprint density at radius 3 is 2.48 bits per heavy atom. The Labute approximate surface area is 248 Å².